The van der Waals surface area contributed by atoms with Gasteiger partial charge in [-0.05, 0) is 36.4 Å². The molecule has 2 aromatic rings. The van der Waals surface area contributed by atoms with E-state index in [9.17, 15) is 14.3 Å². The van der Waals surface area contributed by atoms with Gasteiger partial charge in [0.15, 0.2) is 0 Å². The van der Waals surface area contributed by atoms with E-state index in [4.69, 9.17) is 0 Å². The number of nitrogens with one attached hydrogen (secondary N) is 1. The zero-order chi connectivity index (χ0) is 15.3. The van der Waals surface area contributed by atoms with E-state index in [-0.39, 0.29) is 18.9 Å². The molecule has 4 nitrogen and oxygen atoms in total. The van der Waals surface area contributed by atoms with Crippen molar-refractivity contribution in [3.8, 4) is 0 Å². The molecule has 1 atom stereocenters. The summed E-state index contributed by atoms with van der Waals surface area (Å²) in [5, 5.41) is 14.9. The maximum atomic E-state index is 13.0. The molecule has 112 valence electrons. The number of carbonyl (C=O) groups excluding carboxylic acids is 1. The molecule has 2 heterocycles. The fraction of sp³-hybridized carbons (Fsp3) is 0.333. The van der Waals surface area contributed by atoms with Crippen LogP contribution in [0, 0.1) is 5.82 Å². The molecule has 0 aliphatic heterocycles. The first-order valence-electron chi connectivity index (χ1n) is 6.60. The smallest absolute Gasteiger partial charge is 0.220 e. The number of thiophene rings is 1. The molecule has 0 radical (unpaired) electrons. The summed E-state index contributed by atoms with van der Waals surface area (Å²) in [4.78, 5) is 16.3. The van der Waals surface area contributed by atoms with Crippen LogP contribution in [0.4, 0.5) is 4.39 Å². The molecular weight excluding hydrogens is 291 g/mol. The van der Waals surface area contributed by atoms with Crippen molar-refractivity contribution in [3.05, 3.63) is 52.2 Å². The van der Waals surface area contributed by atoms with Gasteiger partial charge < -0.3 is 10.4 Å². The van der Waals surface area contributed by atoms with Gasteiger partial charge in [-0.25, -0.2) is 4.39 Å². The lowest BCUT2D eigenvalue weighted by Gasteiger charge is -2.22. The van der Waals surface area contributed by atoms with Crippen LogP contribution in [0.25, 0.3) is 0 Å². The van der Waals surface area contributed by atoms with Gasteiger partial charge in [-0.15, -0.1) is 11.3 Å². The molecule has 0 fully saturated rings. The van der Waals surface area contributed by atoms with E-state index in [1.54, 1.807) is 6.92 Å². The summed E-state index contributed by atoms with van der Waals surface area (Å²) in [6.07, 6.45) is 3.31. The summed E-state index contributed by atoms with van der Waals surface area (Å²) in [5.41, 5.74) is -0.403. The highest BCUT2D eigenvalue weighted by molar-refractivity contribution is 7.10. The van der Waals surface area contributed by atoms with Gasteiger partial charge in [0, 0.05) is 17.5 Å². The average Bonchev–Trinajstić information content (AvgIpc) is 2.98. The Hall–Kier alpha value is -1.79. The lowest BCUT2D eigenvalue weighted by molar-refractivity contribution is -0.122. The lowest BCUT2D eigenvalue weighted by atomic mass is 10.1. The van der Waals surface area contributed by atoms with Crippen LogP contribution in [0.15, 0.2) is 36.0 Å². The lowest BCUT2D eigenvalue weighted by Crippen LogP contribution is -2.38. The molecule has 0 aromatic carbocycles. The van der Waals surface area contributed by atoms with Crippen molar-refractivity contribution in [2.75, 3.05) is 6.54 Å². The number of amides is 1. The molecule has 2 rings (SSSR count). The topological polar surface area (TPSA) is 62.2 Å². The maximum absolute atomic E-state index is 13.0. The number of hydrogen-bond donors (Lipinski definition) is 2. The average molecular weight is 308 g/mol. The first-order valence-corrected chi connectivity index (χ1v) is 7.48. The number of halogens is 1. The van der Waals surface area contributed by atoms with Crippen molar-refractivity contribution >= 4 is 17.2 Å². The van der Waals surface area contributed by atoms with Crippen molar-refractivity contribution in [1.82, 2.24) is 10.3 Å². The third-order valence-electron chi connectivity index (χ3n) is 3.08. The van der Waals surface area contributed by atoms with Gasteiger partial charge in [0.2, 0.25) is 5.91 Å². The first-order chi connectivity index (χ1) is 9.97. The number of aliphatic hydroxyl groups is 1. The minimum absolute atomic E-state index is 0.147. The van der Waals surface area contributed by atoms with Crippen LogP contribution in [-0.4, -0.2) is 22.5 Å². The number of hydrogen-bond acceptors (Lipinski definition) is 4. The van der Waals surface area contributed by atoms with E-state index in [1.807, 2.05) is 17.5 Å². The van der Waals surface area contributed by atoms with Gasteiger partial charge in [-0.1, -0.05) is 6.07 Å². The second-order valence-electron chi connectivity index (χ2n) is 5.04. The van der Waals surface area contributed by atoms with Crippen molar-refractivity contribution in [3.63, 3.8) is 0 Å². The Labute approximate surface area is 126 Å². The van der Waals surface area contributed by atoms with Crippen LogP contribution in [0.5, 0.6) is 0 Å². The normalized spacial score (nSPS) is 13.7. The van der Waals surface area contributed by atoms with Gasteiger partial charge in [0.05, 0.1) is 12.7 Å². The molecular formula is C15H17FN2O2S. The predicted octanol–water partition coefficient (Wildman–Crippen LogP) is 2.24. The summed E-state index contributed by atoms with van der Waals surface area (Å²) in [7, 11) is 0. The predicted molar refractivity (Wildman–Crippen MR) is 79.4 cm³/mol. The van der Waals surface area contributed by atoms with Crippen LogP contribution in [-0.2, 0) is 16.8 Å². The second-order valence-corrected chi connectivity index (χ2v) is 5.99. The molecule has 0 aliphatic rings. The fourth-order valence-corrected chi connectivity index (χ4v) is 2.67. The Morgan fingerprint density at radius 2 is 2.33 bits per heavy atom. The van der Waals surface area contributed by atoms with Gasteiger partial charge in [-0.3, -0.25) is 9.78 Å². The highest BCUT2D eigenvalue weighted by Crippen LogP contribution is 2.24. The van der Waals surface area contributed by atoms with Crippen molar-refractivity contribution < 1.29 is 14.3 Å². The third kappa shape index (κ3) is 4.61. The Morgan fingerprint density at radius 3 is 3.00 bits per heavy atom. The molecule has 2 N–H and O–H groups in total. The number of carbonyl (C=O) groups is 1. The number of nitrogens with zero attached hydrogens (tertiary/aromatic N) is 1. The summed E-state index contributed by atoms with van der Waals surface area (Å²) >= 11 is 1.44. The minimum Gasteiger partial charge on any atom is -0.383 e. The third-order valence-corrected chi connectivity index (χ3v) is 4.21. The van der Waals surface area contributed by atoms with Gasteiger partial charge >= 0.3 is 0 Å². The van der Waals surface area contributed by atoms with Gasteiger partial charge in [-0.2, -0.15) is 0 Å². The van der Waals surface area contributed by atoms with E-state index < -0.39 is 11.4 Å². The summed E-state index contributed by atoms with van der Waals surface area (Å²) < 4.78 is 13.0. The standard InChI is InChI=1S/C15H17FN2O2S/c1-15(20,13-3-2-6-21-13)10-18-14(19)5-4-11-7-12(16)9-17-8-11/h2-3,6-9,20H,4-5,10H2,1H3,(H,18,19). The maximum Gasteiger partial charge on any atom is 0.220 e. The van der Waals surface area contributed by atoms with Crippen molar-refractivity contribution in [2.24, 2.45) is 0 Å². The molecule has 1 amide bonds. The van der Waals surface area contributed by atoms with Crippen LogP contribution in [0.2, 0.25) is 0 Å². The largest absolute Gasteiger partial charge is 0.383 e. The van der Waals surface area contributed by atoms with Crippen LogP contribution in [0.1, 0.15) is 23.8 Å². The first kappa shape index (κ1) is 15.6. The van der Waals surface area contributed by atoms with E-state index >= 15 is 0 Å². The fourth-order valence-electron chi connectivity index (χ4n) is 1.88. The molecule has 21 heavy (non-hydrogen) atoms. The molecule has 0 saturated carbocycles. The number of aryl methyl sites for hydroxylation is 1. The monoisotopic (exact) mass is 308 g/mol. The van der Waals surface area contributed by atoms with E-state index in [2.05, 4.69) is 10.3 Å². The highest BCUT2D eigenvalue weighted by atomic mass is 32.1. The molecule has 0 aliphatic carbocycles. The Kier molecular flexibility index (Phi) is 5.03. The van der Waals surface area contributed by atoms with E-state index in [1.165, 1.54) is 23.6 Å². The Balaban J connectivity index is 1.80. The van der Waals surface area contributed by atoms with Crippen LogP contribution in [0.3, 0.4) is 0 Å². The second kappa shape index (κ2) is 6.78. The molecule has 0 saturated heterocycles. The highest BCUT2D eigenvalue weighted by Gasteiger charge is 2.24. The SMILES string of the molecule is CC(O)(CNC(=O)CCc1cncc(F)c1)c1cccs1. The van der Waals surface area contributed by atoms with Crippen molar-refractivity contribution in [2.45, 2.75) is 25.4 Å². The minimum atomic E-state index is -1.08. The zero-order valence-corrected chi connectivity index (χ0v) is 12.5. The van der Waals surface area contributed by atoms with E-state index in [0.29, 0.717) is 12.0 Å². The Bertz CT molecular complexity index is 599. The zero-order valence-electron chi connectivity index (χ0n) is 11.7. The van der Waals surface area contributed by atoms with Gasteiger partial charge in [0.1, 0.15) is 11.4 Å². The molecule has 0 bridgehead atoms. The van der Waals surface area contributed by atoms with Crippen molar-refractivity contribution in [1.29, 1.82) is 0 Å². The molecule has 1 unspecified atom stereocenters. The number of pyridine rings is 1. The summed E-state index contributed by atoms with van der Waals surface area (Å²) in [6.45, 7) is 1.81. The van der Waals surface area contributed by atoms with Crippen LogP contribution < -0.4 is 5.32 Å². The number of aromatic nitrogens is 1. The quantitative estimate of drug-likeness (QED) is 0.860. The van der Waals surface area contributed by atoms with Crippen LogP contribution >= 0.6 is 11.3 Å². The van der Waals surface area contributed by atoms with E-state index in [0.717, 1.165) is 11.1 Å². The molecule has 0 spiro atoms. The summed E-state index contributed by atoms with van der Waals surface area (Å²) in [5.74, 6) is -0.593. The summed E-state index contributed by atoms with van der Waals surface area (Å²) in [6, 6.07) is 5.05. The van der Waals surface area contributed by atoms with Gasteiger partial charge in [0.25, 0.3) is 0 Å². The molecule has 2 aromatic heterocycles. The number of rotatable bonds is 6. The Morgan fingerprint density at radius 1 is 1.52 bits per heavy atom. The molecule has 6 heteroatoms.